The lowest BCUT2D eigenvalue weighted by atomic mass is 10.1. The van der Waals surface area contributed by atoms with Gasteiger partial charge in [-0.1, -0.05) is 12.1 Å². The van der Waals surface area contributed by atoms with Gasteiger partial charge < -0.3 is 19.5 Å². The zero-order valence-corrected chi connectivity index (χ0v) is 13.0. The Labute approximate surface area is 122 Å². The molecule has 0 fully saturated rings. The maximum atomic E-state index is 5.33. The highest BCUT2D eigenvalue weighted by atomic mass is 16.5. The van der Waals surface area contributed by atoms with Crippen LogP contribution in [-0.2, 0) is 15.9 Å². The van der Waals surface area contributed by atoms with Crippen molar-refractivity contribution in [3.63, 3.8) is 0 Å². The lowest BCUT2D eigenvalue weighted by Crippen LogP contribution is -2.37. The molecule has 2 unspecified atom stereocenters. The first-order chi connectivity index (χ1) is 9.69. The molecule has 1 N–H and O–H groups in total. The summed E-state index contributed by atoms with van der Waals surface area (Å²) in [4.78, 5) is 0. The minimum Gasteiger partial charge on any atom is -0.497 e. The molecule has 20 heavy (non-hydrogen) atoms. The average molecular weight is 281 g/mol. The fraction of sp³-hybridized carbons (Fsp3) is 0.625. The van der Waals surface area contributed by atoms with Gasteiger partial charge in [0.1, 0.15) is 5.75 Å². The van der Waals surface area contributed by atoms with Crippen molar-refractivity contribution >= 4 is 0 Å². The molecule has 1 aromatic rings. The van der Waals surface area contributed by atoms with E-state index in [2.05, 4.69) is 24.4 Å². The van der Waals surface area contributed by atoms with Crippen molar-refractivity contribution in [1.29, 1.82) is 0 Å². The Morgan fingerprint density at radius 3 is 2.35 bits per heavy atom. The predicted molar refractivity (Wildman–Crippen MR) is 81.5 cm³/mol. The maximum Gasteiger partial charge on any atom is 0.118 e. The van der Waals surface area contributed by atoms with E-state index < -0.39 is 0 Å². The Hall–Kier alpha value is -1.10. The number of hydrogen-bond donors (Lipinski definition) is 1. The molecule has 4 heteroatoms. The summed E-state index contributed by atoms with van der Waals surface area (Å²) in [6.45, 7) is 3.63. The van der Waals surface area contributed by atoms with Crippen molar-refractivity contribution in [3.05, 3.63) is 29.8 Å². The lowest BCUT2D eigenvalue weighted by molar-refractivity contribution is 0.0275. The second kappa shape index (κ2) is 9.75. The van der Waals surface area contributed by atoms with Crippen LogP contribution in [0.4, 0.5) is 0 Å². The first-order valence-corrected chi connectivity index (χ1v) is 7.07. The summed E-state index contributed by atoms with van der Waals surface area (Å²) in [5.41, 5.74) is 1.33. The van der Waals surface area contributed by atoms with Gasteiger partial charge in [0.15, 0.2) is 0 Å². The number of hydrogen-bond acceptors (Lipinski definition) is 4. The summed E-state index contributed by atoms with van der Waals surface area (Å²) in [6, 6.07) is 8.70. The molecular weight excluding hydrogens is 254 g/mol. The Morgan fingerprint density at radius 2 is 1.80 bits per heavy atom. The van der Waals surface area contributed by atoms with E-state index in [0.29, 0.717) is 12.6 Å². The lowest BCUT2D eigenvalue weighted by Gasteiger charge is -2.19. The second-order valence-corrected chi connectivity index (χ2v) is 5.01. The number of ether oxygens (including phenoxy) is 3. The van der Waals surface area contributed by atoms with Gasteiger partial charge in [0.25, 0.3) is 0 Å². The van der Waals surface area contributed by atoms with Gasteiger partial charge in [-0.15, -0.1) is 0 Å². The Balaban J connectivity index is 2.26. The van der Waals surface area contributed by atoms with Crippen molar-refractivity contribution in [2.45, 2.75) is 31.9 Å². The van der Waals surface area contributed by atoms with Crippen LogP contribution in [0.15, 0.2) is 24.3 Å². The van der Waals surface area contributed by atoms with Crippen molar-refractivity contribution in [2.75, 3.05) is 34.5 Å². The van der Waals surface area contributed by atoms with E-state index in [-0.39, 0.29) is 6.10 Å². The number of aryl methyl sites for hydroxylation is 1. The summed E-state index contributed by atoms with van der Waals surface area (Å²) >= 11 is 0. The summed E-state index contributed by atoms with van der Waals surface area (Å²) < 4.78 is 15.6. The summed E-state index contributed by atoms with van der Waals surface area (Å²) in [7, 11) is 5.10. The van der Waals surface area contributed by atoms with Crippen LogP contribution in [0.3, 0.4) is 0 Å². The van der Waals surface area contributed by atoms with Crippen molar-refractivity contribution in [2.24, 2.45) is 0 Å². The van der Waals surface area contributed by atoms with E-state index in [9.17, 15) is 0 Å². The van der Waals surface area contributed by atoms with E-state index in [0.717, 1.165) is 25.1 Å². The molecule has 2 atom stereocenters. The third kappa shape index (κ3) is 6.37. The molecule has 0 bridgehead atoms. The van der Waals surface area contributed by atoms with Crippen LogP contribution >= 0.6 is 0 Å². The zero-order chi connectivity index (χ0) is 14.8. The second-order valence-electron chi connectivity index (χ2n) is 5.01. The molecule has 0 aliphatic heterocycles. The van der Waals surface area contributed by atoms with Crippen molar-refractivity contribution in [3.8, 4) is 5.75 Å². The zero-order valence-electron chi connectivity index (χ0n) is 13.0. The molecule has 0 amide bonds. The number of benzene rings is 1. The Morgan fingerprint density at radius 1 is 1.10 bits per heavy atom. The third-order valence-electron chi connectivity index (χ3n) is 3.40. The number of rotatable bonds is 10. The van der Waals surface area contributed by atoms with Gasteiger partial charge in [-0.3, -0.25) is 0 Å². The quantitative estimate of drug-likeness (QED) is 0.714. The van der Waals surface area contributed by atoms with E-state index in [4.69, 9.17) is 14.2 Å². The summed E-state index contributed by atoms with van der Waals surface area (Å²) in [5, 5.41) is 3.48. The van der Waals surface area contributed by atoms with E-state index in [1.54, 1.807) is 21.3 Å². The molecule has 1 rings (SSSR count). The summed E-state index contributed by atoms with van der Waals surface area (Å²) in [5.74, 6) is 0.905. The minimum absolute atomic E-state index is 0.114. The molecule has 0 saturated carbocycles. The van der Waals surface area contributed by atoms with Gasteiger partial charge in [-0.05, 0) is 37.5 Å². The van der Waals surface area contributed by atoms with Gasteiger partial charge >= 0.3 is 0 Å². The fourth-order valence-corrected chi connectivity index (χ4v) is 2.01. The standard InChI is InChI=1S/C16H27NO3/c1-13(17-11-16(20-4)12-18-2)5-6-14-7-9-15(19-3)10-8-14/h7-10,13,16-17H,5-6,11-12H2,1-4H3. The fourth-order valence-electron chi connectivity index (χ4n) is 2.01. The van der Waals surface area contributed by atoms with Gasteiger partial charge in [0.05, 0.1) is 19.8 Å². The molecule has 0 radical (unpaired) electrons. The van der Waals surface area contributed by atoms with Crippen LogP contribution in [0.1, 0.15) is 18.9 Å². The van der Waals surface area contributed by atoms with Crippen LogP contribution in [-0.4, -0.2) is 46.6 Å². The number of nitrogens with one attached hydrogen (secondary N) is 1. The highest BCUT2D eigenvalue weighted by molar-refractivity contribution is 5.27. The first kappa shape index (κ1) is 17.0. The average Bonchev–Trinajstić information content (AvgIpc) is 2.49. The predicted octanol–water partition coefficient (Wildman–Crippen LogP) is 2.27. The summed E-state index contributed by atoms with van der Waals surface area (Å²) in [6.07, 6.45) is 2.26. The SMILES string of the molecule is COCC(CNC(C)CCc1ccc(OC)cc1)OC. The molecule has 0 spiro atoms. The van der Waals surface area contributed by atoms with E-state index in [1.165, 1.54) is 5.56 Å². The van der Waals surface area contributed by atoms with Crippen LogP contribution < -0.4 is 10.1 Å². The topological polar surface area (TPSA) is 39.7 Å². The van der Waals surface area contributed by atoms with E-state index >= 15 is 0 Å². The monoisotopic (exact) mass is 281 g/mol. The maximum absolute atomic E-state index is 5.33. The highest BCUT2D eigenvalue weighted by Crippen LogP contribution is 2.13. The van der Waals surface area contributed by atoms with Gasteiger partial charge in [-0.25, -0.2) is 0 Å². The van der Waals surface area contributed by atoms with Crippen LogP contribution in [0.25, 0.3) is 0 Å². The molecule has 0 heterocycles. The third-order valence-corrected chi connectivity index (χ3v) is 3.40. The molecule has 1 aromatic carbocycles. The molecule has 0 aromatic heterocycles. The smallest absolute Gasteiger partial charge is 0.118 e. The molecule has 4 nitrogen and oxygen atoms in total. The van der Waals surface area contributed by atoms with Gasteiger partial charge in [0.2, 0.25) is 0 Å². The molecule has 0 aliphatic rings. The largest absolute Gasteiger partial charge is 0.497 e. The normalized spacial score (nSPS) is 14.0. The molecular formula is C16H27NO3. The van der Waals surface area contributed by atoms with Crippen molar-refractivity contribution in [1.82, 2.24) is 5.32 Å². The van der Waals surface area contributed by atoms with Gasteiger partial charge in [-0.2, -0.15) is 0 Å². The van der Waals surface area contributed by atoms with Gasteiger partial charge in [0, 0.05) is 26.8 Å². The van der Waals surface area contributed by atoms with Crippen LogP contribution in [0.5, 0.6) is 5.75 Å². The van der Waals surface area contributed by atoms with Crippen molar-refractivity contribution < 1.29 is 14.2 Å². The van der Waals surface area contributed by atoms with E-state index in [1.807, 2.05) is 12.1 Å². The first-order valence-electron chi connectivity index (χ1n) is 7.07. The Bertz CT molecular complexity index is 353. The molecule has 0 saturated heterocycles. The molecule has 0 aliphatic carbocycles. The van der Waals surface area contributed by atoms with Crippen LogP contribution in [0.2, 0.25) is 0 Å². The van der Waals surface area contributed by atoms with Crippen LogP contribution in [0, 0.1) is 0 Å². The highest BCUT2D eigenvalue weighted by Gasteiger charge is 2.09. The Kier molecular flexibility index (Phi) is 8.26. The number of methoxy groups -OCH3 is 3. The minimum atomic E-state index is 0.114. The molecule has 114 valence electrons.